The average Bonchev–Trinajstić information content (AvgIpc) is 2.40. The van der Waals surface area contributed by atoms with Crippen LogP contribution in [0.25, 0.3) is 0 Å². The van der Waals surface area contributed by atoms with Gasteiger partial charge in [-0.1, -0.05) is 122 Å². The summed E-state index contributed by atoms with van der Waals surface area (Å²) < 4.78 is 0. The molecule has 0 saturated heterocycles. The SMILES string of the molecule is CC(C)[B]C1CCCCCCCCCCCCCCC1. The smallest absolute Gasteiger partial charge is 0.0742 e. The second-order valence-corrected chi connectivity index (χ2v) is 7.37. The molecule has 1 saturated carbocycles. The van der Waals surface area contributed by atoms with E-state index < -0.39 is 0 Å². The fourth-order valence-electron chi connectivity index (χ4n) is 3.64. The molecule has 1 rings (SSSR count). The molecule has 0 aliphatic heterocycles. The summed E-state index contributed by atoms with van der Waals surface area (Å²) in [6.07, 6.45) is 22.2. The van der Waals surface area contributed by atoms with E-state index in [2.05, 4.69) is 21.1 Å². The van der Waals surface area contributed by atoms with Gasteiger partial charge in [-0.15, -0.1) is 0 Å². The van der Waals surface area contributed by atoms with Gasteiger partial charge in [0, 0.05) is 0 Å². The lowest BCUT2D eigenvalue weighted by molar-refractivity contribution is 0.502. The van der Waals surface area contributed by atoms with Gasteiger partial charge < -0.3 is 0 Å². The third kappa shape index (κ3) is 10.8. The summed E-state index contributed by atoms with van der Waals surface area (Å²) in [5, 5.41) is 0. The van der Waals surface area contributed by atoms with Gasteiger partial charge in [-0.3, -0.25) is 0 Å². The summed E-state index contributed by atoms with van der Waals surface area (Å²) in [6, 6.07) is 0. The first-order valence-electron chi connectivity index (χ1n) is 9.64. The number of hydrogen-bond acceptors (Lipinski definition) is 0. The minimum atomic E-state index is 0.769. The Hall–Kier alpha value is 0.0649. The Morgan fingerprint density at radius 3 is 1.15 bits per heavy atom. The molecule has 20 heavy (non-hydrogen) atoms. The summed E-state index contributed by atoms with van der Waals surface area (Å²) in [4.78, 5) is 0. The van der Waals surface area contributed by atoms with Crippen molar-refractivity contribution in [1.29, 1.82) is 0 Å². The lowest BCUT2D eigenvalue weighted by Crippen LogP contribution is -2.07. The lowest BCUT2D eigenvalue weighted by atomic mass is 9.53. The van der Waals surface area contributed by atoms with Crippen molar-refractivity contribution in [2.75, 3.05) is 0 Å². The average molecular weight is 277 g/mol. The maximum Gasteiger partial charge on any atom is 0.117 e. The molecule has 117 valence electrons. The first-order valence-corrected chi connectivity index (χ1v) is 9.64. The molecule has 0 heterocycles. The van der Waals surface area contributed by atoms with Crippen molar-refractivity contribution in [2.24, 2.45) is 0 Å². The van der Waals surface area contributed by atoms with Crippen LogP contribution in [0.15, 0.2) is 0 Å². The van der Waals surface area contributed by atoms with Crippen LogP contribution in [0.5, 0.6) is 0 Å². The van der Waals surface area contributed by atoms with E-state index in [1.807, 2.05) is 0 Å². The van der Waals surface area contributed by atoms with Crippen molar-refractivity contribution in [3.8, 4) is 0 Å². The summed E-state index contributed by atoms with van der Waals surface area (Å²) in [7, 11) is 2.63. The van der Waals surface area contributed by atoms with Gasteiger partial charge in [-0.05, 0) is 0 Å². The molecular formula is C19H38B. The first kappa shape index (κ1) is 18.1. The van der Waals surface area contributed by atoms with E-state index >= 15 is 0 Å². The van der Waals surface area contributed by atoms with Gasteiger partial charge in [0.2, 0.25) is 0 Å². The molecule has 0 amide bonds. The zero-order chi connectivity index (χ0) is 14.5. The van der Waals surface area contributed by atoms with Crippen molar-refractivity contribution in [3.63, 3.8) is 0 Å². The van der Waals surface area contributed by atoms with E-state index in [1.165, 1.54) is 96.3 Å². The Labute approximate surface area is 129 Å². The highest BCUT2D eigenvalue weighted by Gasteiger charge is 2.12. The van der Waals surface area contributed by atoms with Crippen molar-refractivity contribution in [3.05, 3.63) is 0 Å². The summed E-state index contributed by atoms with van der Waals surface area (Å²) in [6.45, 7) is 4.69. The quantitative estimate of drug-likeness (QED) is 0.469. The minimum absolute atomic E-state index is 0.769. The maximum absolute atomic E-state index is 2.63. The fraction of sp³-hybridized carbons (Fsp3) is 1.00. The van der Waals surface area contributed by atoms with Crippen LogP contribution in [0.3, 0.4) is 0 Å². The van der Waals surface area contributed by atoms with E-state index in [9.17, 15) is 0 Å². The second-order valence-electron chi connectivity index (χ2n) is 7.37. The Kier molecular flexibility index (Phi) is 11.6. The van der Waals surface area contributed by atoms with Crippen LogP contribution < -0.4 is 0 Å². The fourth-order valence-corrected chi connectivity index (χ4v) is 3.64. The van der Waals surface area contributed by atoms with E-state index in [1.54, 1.807) is 0 Å². The Morgan fingerprint density at radius 1 is 0.550 bits per heavy atom. The van der Waals surface area contributed by atoms with E-state index in [4.69, 9.17) is 0 Å². The molecule has 0 atom stereocenters. The zero-order valence-corrected chi connectivity index (χ0v) is 14.3. The standard InChI is InChI=1S/C19H38B/c1-18(2)20-19-16-14-12-10-8-6-4-3-5-7-9-11-13-15-17-19/h18-19H,3-17H2,1-2H3. The molecule has 1 aliphatic rings. The zero-order valence-electron chi connectivity index (χ0n) is 14.3. The molecule has 0 spiro atoms. The largest absolute Gasteiger partial charge is 0.117 e. The molecule has 1 heteroatoms. The van der Waals surface area contributed by atoms with Crippen LogP contribution in [0, 0.1) is 0 Å². The van der Waals surface area contributed by atoms with Gasteiger partial charge in [0.1, 0.15) is 7.28 Å². The Bertz CT molecular complexity index is 184. The normalized spacial score (nSPS) is 22.8. The highest BCUT2D eigenvalue weighted by molar-refractivity contribution is 6.39. The highest BCUT2D eigenvalue weighted by atomic mass is 14.1. The maximum atomic E-state index is 2.63. The van der Waals surface area contributed by atoms with Gasteiger partial charge in [-0.25, -0.2) is 0 Å². The number of hydrogen-bond donors (Lipinski definition) is 0. The van der Waals surface area contributed by atoms with Gasteiger partial charge in [0.15, 0.2) is 0 Å². The van der Waals surface area contributed by atoms with Crippen molar-refractivity contribution >= 4 is 7.28 Å². The van der Waals surface area contributed by atoms with Gasteiger partial charge in [0.25, 0.3) is 0 Å². The van der Waals surface area contributed by atoms with Crippen LogP contribution in [-0.2, 0) is 0 Å². The van der Waals surface area contributed by atoms with Gasteiger partial charge in [-0.2, -0.15) is 0 Å². The minimum Gasteiger partial charge on any atom is -0.0742 e. The topological polar surface area (TPSA) is 0 Å². The summed E-state index contributed by atoms with van der Waals surface area (Å²) >= 11 is 0. The highest BCUT2D eigenvalue weighted by Crippen LogP contribution is 2.26. The molecule has 0 aromatic heterocycles. The van der Waals surface area contributed by atoms with Crippen LogP contribution in [0.2, 0.25) is 11.6 Å². The van der Waals surface area contributed by atoms with Crippen molar-refractivity contribution < 1.29 is 0 Å². The molecule has 0 aromatic carbocycles. The Balaban J connectivity index is 2.24. The third-order valence-electron chi connectivity index (χ3n) is 4.81. The summed E-state index contributed by atoms with van der Waals surface area (Å²) in [5.41, 5.74) is 0. The van der Waals surface area contributed by atoms with Gasteiger partial charge >= 0.3 is 0 Å². The number of rotatable bonds is 2. The van der Waals surface area contributed by atoms with Gasteiger partial charge in [0.05, 0.1) is 0 Å². The van der Waals surface area contributed by atoms with Crippen molar-refractivity contribution in [1.82, 2.24) is 0 Å². The molecule has 0 bridgehead atoms. The monoisotopic (exact) mass is 277 g/mol. The predicted molar refractivity (Wildman–Crippen MR) is 93.9 cm³/mol. The van der Waals surface area contributed by atoms with Crippen LogP contribution >= 0.6 is 0 Å². The summed E-state index contributed by atoms with van der Waals surface area (Å²) in [5.74, 6) is 1.67. The Morgan fingerprint density at radius 2 is 0.850 bits per heavy atom. The van der Waals surface area contributed by atoms with Crippen molar-refractivity contribution in [2.45, 2.75) is 122 Å². The molecule has 1 radical (unpaired) electrons. The molecular weight excluding hydrogens is 239 g/mol. The molecule has 0 N–H and O–H groups in total. The first-order chi connectivity index (χ1) is 9.79. The van der Waals surface area contributed by atoms with E-state index in [0.717, 1.165) is 11.6 Å². The van der Waals surface area contributed by atoms with Crippen LogP contribution in [-0.4, -0.2) is 7.28 Å². The molecule has 1 fully saturated rings. The molecule has 1 aliphatic carbocycles. The second kappa shape index (κ2) is 12.8. The van der Waals surface area contributed by atoms with E-state index in [-0.39, 0.29) is 0 Å². The predicted octanol–water partition coefficient (Wildman–Crippen LogP) is 7.17. The van der Waals surface area contributed by atoms with Crippen LogP contribution in [0.4, 0.5) is 0 Å². The third-order valence-corrected chi connectivity index (χ3v) is 4.81. The van der Waals surface area contributed by atoms with Crippen LogP contribution in [0.1, 0.15) is 110 Å². The molecule has 0 aromatic rings. The van der Waals surface area contributed by atoms with E-state index in [0.29, 0.717) is 0 Å². The lowest BCUT2D eigenvalue weighted by Gasteiger charge is -2.18. The molecule has 0 unspecified atom stereocenters. The molecule has 0 nitrogen and oxygen atoms in total.